The van der Waals surface area contributed by atoms with Crippen LogP contribution in [0.4, 0.5) is 5.69 Å². The highest BCUT2D eigenvalue weighted by Crippen LogP contribution is 2.52. The van der Waals surface area contributed by atoms with Crippen molar-refractivity contribution in [3.05, 3.63) is 85.3 Å². The van der Waals surface area contributed by atoms with Crippen LogP contribution in [0, 0.1) is 11.3 Å². The number of fused-ring (bicyclic) bond motifs is 1. The first-order valence-corrected chi connectivity index (χ1v) is 20.3. The molecule has 0 bridgehead atoms. The Morgan fingerprint density at radius 3 is 2.60 bits per heavy atom. The van der Waals surface area contributed by atoms with Crippen LogP contribution in [0.5, 0.6) is 11.5 Å². The van der Waals surface area contributed by atoms with Crippen molar-refractivity contribution in [2.75, 3.05) is 38.6 Å². The molecule has 7 rings (SSSR count). The molecule has 4 aromatic rings. The van der Waals surface area contributed by atoms with E-state index in [1.807, 2.05) is 17.5 Å². The lowest BCUT2D eigenvalue weighted by atomic mass is 9.61. The second kappa shape index (κ2) is 16.6. The lowest BCUT2D eigenvalue weighted by Crippen LogP contribution is -2.52. The van der Waals surface area contributed by atoms with Gasteiger partial charge in [-0.15, -0.1) is 11.3 Å². The molecular formula is C41H49ClN4O8S. The number of aliphatic hydroxyl groups excluding tert-OH is 1. The van der Waals surface area contributed by atoms with Crippen LogP contribution in [0.2, 0.25) is 5.02 Å². The molecule has 14 heteroatoms. The fourth-order valence-corrected chi connectivity index (χ4v) is 9.82. The molecule has 0 radical (unpaired) electrons. The van der Waals surface area contributed by atoms with Gasteiger partial charge in [0.2, 0.25) is 11.5 Å². The van der Waals surface area contributed by atoms with Crippen molar-refractivity contribution in [1.82, 2.24) is 15.2 Å². The molecule has 2 aliphatic carbocycles. The van der Waals surface area contributed by atoms with Crippen molar-refractivity contribution in [3.8, 4) is 11.5 Å². The summed E-state index contributed by atoms with van der Waals surface area (Å²) in [7, 11) is 1.54. The van der Waals surface area contributed by atoms with E-state index in [1.165, 1.54) is 30.6 Å². The number of carbonyl (C=O) groups is 2. The Morgan fingerprint density at radius 1 is 1.13 bits per heavy atom. The molecule has 1 saturated heterocycles. The quantitative estimate of drug-likeness (QED) is 0.0835. The summed E-state index contributed by atoms with van der Waals surface area (Å²) in [6, 6.07) is 13.1. The average molecular weight is 793 g/mol. The van der Waals surface area contributed by atoms with E-state index in [-0.39, 0.29) is 46.7 Å². The van der Waals surface area contributed by atoms with Gasteiger partial charge >= 0.3 is 5.97 Å². The van der Waals surface area contributed by atoms with Crippen LogP contribution in [0.25, 0.3) is 10.9 Å². The van der Waals surface area contributed by atoms with E-state index in [9.17, 15) is 29.7 Å². The maximum absolute atomic E-state index is 13.4. The number of methoxy groups -OCH3 is 1. The fraction of sp³-hybridized carbons (Fsp3) is 0.488. The van der Waals surface area contributed by atoms with Gasteiger partial charge in [-0.3, -0.25) is 9.59 Å². The number of aliphatic hydroxyl groups is 2. The number of H-pyrrole nitrogens is 1. The van der Waals surface area contributed by atoms with Gasteiger partial charge < -0.3 is 45.3 Å². The van der Waals surface area contributed by atoms with Crippen LogP contribution < -0.4 is 20.9 Å². The van der Waals surface area contributed by atoms with E-state index in [0.29, 0.717) is 51.8 Å². The van der Waals surface area contributed by atoms with E-state index in [2.05, 4.69) is 20.5 Å². The van der Waals surface area contributed by atoms with E-state index < -0.39 is 17.7 Å². The number of thiophene rings is 1. The number of nitrogens with one attached hydrogen (secondary N) is 3. The molecule has 3 aliphatic rings. The van der Waals surface area contributed by atoms with E-state index >= 15 is 0 Å². The molecule has 1 unspecified atom stereocenters. The van der Waals surface area contributed by atoms with Gasteiger partial charge in [0.05, 0.1) is 29.4 Å². The molecule has 294 valence electrons. The Hall–Kier alpha value is -3.98. The first-order valence-electron chi connectivity index (χ1n) is 19.1. The Labute approximate surface area is 328 Å². The average Bonchev–Trinajstić information content (AvgIpc) is 3.91. The number of hydrogen-bond acceptors (Lipinski definition) is 11. The molecule has 2 saturated carbocycles. The molecule has 1 spiro atoms. The van der Waals surface area contributed by atoms with Crippen LogP contribution in [0.15, 0.2) is 58.7 Å². The van der Waals surface area contributed by atoms with Crippen molar-refractivity contribution in [3.63, 3.8) is 0 Å². The van der Waals surface area contributed by atoms with Gasteiger partial charge in [-0.1, -0.05) is 36.6 Å². The summed E-state index contributed by atoms with van der Waals surface area (Å²) in [4.78, 5) is 43.8. The number of amides is 1. The number of ether oxygens (including phenoxy) is 2. The van der Waals surface area contributed by atoms with Gasteiger partial charge in [-0.2, -0.15) is 0 Å². The molecule has 55 heavy (non-hydrogen) atoms. The normalized spacial score (nSPS) is 19.2. The summed E-state index contributed by atoms with van der Waals surface area (Å²) in [6.07, 6.45) is 6.47. The zero-order valence-corrected chi connectivity index (χ0v) is 32.5. The summed E-state index contributed by atoms with van der Waals surface area (Å²) < 4.78 is 11.6. The fourth-order valence-electron chi connectivity index (χ4n) is 8.69. The zero-order chi connectivity index (χ0) is 38.7. The van der Waals surface area contributed by atoms with Crippen LogP contribution in [0.3, 0.4) is 0 Å². The third kappa shape index (κ3) is 8.42. The van der Waals surface area contributed by atoms with Gasteiger partial charge in [0.1, 0.15) is 17.6 Å². The number of aromatic nitrogens is 1. The largest absolute Gasteiger partial charge is 0.506 e. The smallest absolute Gasteiger partial charge is 0.344 e. The van der Waals surface area contributed by atoms with Crippen molar-refractivity contribution < 1.29 is 34.4 Å². The number of piperidine rings is 1. The number of phenols is 1. The van der Waals surface area contributed by atoms with Gasteiger partial charge in [-0.05, 0) is 92.2 Å². The number of anilines is 1. The molecule has 6 N–H and O–H groups in total. The summed E-state index contributed by atoms with van der Waals surface area (Å²) in [5.74, 6) is -0.304. The lowest BCUT2D eigenvalue weighted by Gasteiger charge is -2.52. The second-order valence-corrected chi connectivity index (χ2v) is 16.7. The Bertz CT molecular complexity index is 2050. The number of rotatable bonds is 14. The third-order valence-electron chi connectivity index (χ3n) is 11.9. The van der Waals surface area contributed by atoms with Crippen molar-refractivity contribution >= 4 is 51.4 Å². The number of hydrogen-bond donors (Lipinski definition) is 6. The SMILES string of the molecule is COc1cc(NC(=O)CCN2CCC3(CC2)CC(OC(=O)C(O)(c2cccs2)C2CCCC2)C3)c(Cl)cc1CNC[C@H](O)c1ccc(O)c2[nH]c(=O)ccc12. The number of likely N-dealkylation sites (tertiary alicyclic amines) is 1. The summed E-state index contributed by atoms with van der Waals surface area (Å²) in [6.45, 7) is 2.83. The molecule has 1 aliphatic heterocycles. The molecule has 3 fully saturated rings. The van der Waals surface area contributed by atoms with Crippen molar-refractivity contribution in [2.24, 2.45) is 11.3 Å². The topological polar surface area (TPSA) is 173 Å². The van der Waals surface area contributed by atoms with Crippen LogP contribution in [-0.4, -0.2) is 76.5 Å². The maximum Gasteiger partial charge on any atom is 0.344 e. The highest BCUT2D eigenvalue weighted by atomic mass is 35.5. The van der Waals surface area contributed by atoms with Crippen LogP contribution in [0.1, 0.15) is 79.9 Å². The molecule has 3 heterocycles. The lowest BCUT2D eigenvalue weighted by molar-refractivity contribution is -0.192. The number of esters is 1. The number of benzene rings is 2. The number of nitrogens with zero attached hydrogens (tertiary/aromatic N) is 1. The second-order valence-electron chi connectivity index (χ2n) is 15.4. The number of halogens is 1. The predicted octanol–water partition coefficient (Wildman–Crippen LogP) is 5.97. The third-order valence-corrected chi connectivity index (χ3v) is 13.2. The molecule has 12 nitrogen and oxygen atoms in total. The van der Waals surface area contributed by atoms with Gasteiger partial charge in [0, 0.05) is 59.9 Å². The standard InChI is InChI=1S/C41H49ClN4O8S/c1-53-34-20-31(30(42)19-25(34)23-43-24-33(48)28-8-10-32(47)38-29(28)9-11-36(49)45-38)44-37(50)12-15-46-16-13-40(14-17-46)21-27(22-40)54-39(51)41(52,26-5-2-3-6-26)35-7-4-18-55-35/h4,7-11,18-20,26-27,33,43,47-48,52H,2-3,5-6,12-17,21-24H2,1H3,(H,44,50)(H,45,49)/t33-,41?/m0/s1. The summed E-state index contributed by atoms with van der Waals surface area (Å²) in [5, 5.41) is 41.7. The minimum absolute atomic E-state index is 0.0763. The highest BCUT2D eigenvalue weighted by Gasteiger charge is 2.53. The summed E-state index contributed by atoms with van der Waals surface area (Å²) >= 11 is 8.02. The molecular weight excluding hydrogens is 744 g/mol. The Balaban J connectivity index is 0.851. The monoisotopic (exact) mass is 792 g/mol. The van der Waals surface area contributed by atoms with Gasteiger partial charge in [0.15, 0.2) is 5.60 Å². The van der Waals surface area contributed by atoms with Crippen LogP contribution in [-0.2, 0) is 26.5 Å². The summed E-state index contributed by atoms with van der Waals surface area (Å²) in [5.41, 5.74) is 0.229. The number of aromatic hydroxyl groups is 1. The van der Waals surface area contributed by atoms with Gasteiger partial charge in [-0.25, -0.2) is 4.79 Å². The number of phenolic OH excluding ortho intramolecular Hbond substituents is 1. The van der Waals surface area contributed by atoms with E-state index in [1.54, 1.807) is 24.3 Å². The first kappa shape index (κ1) is 39.3. The van der Waals surface area contributed by atoms with Gasteiger partial charge in [0.25, 0.3) is 0 Å². The molecule has 1 amide bonds. The Kier molecular flexibility index (Phi) is 11.9. The number of pyridine rings is 1. The van der Waals surface area contributed by atoms with Crippen LogP contribution >= 0.6 is 22.9 Å². The highest BCUT2D eigenvalue weighted by molar-refractivity contribution is 7.10. The van der Waals surface area contributed by atoms with E-state index in [0.717, 1.165) is 70.0 Å². The van der Waals surface area contributed by atoms with Crippen molar-refractivity contribution in [1.29, 1.82) is 0 Å². The minimum atomic E-state index is -1.56. The predicted molar refractivity (Wildman–Crippen MR) is 212 cm³/mol. The molecule has 2 aromatic heterocycles. The maximum atomic E-state index is 13.4. The van der Waals surface area contributed by atoms with E-state index in [4.69, 9.17) is 21.1 Å². The Morgan fingerprint density at radius 2 is 1.89 bits per heavy atom. The first-order chi connectivity index (χ1) is 26.5. The molecule has 2 atom stereocenters. The number of carbonyl (C=O) groups excluding carboxylic acids is 2. The molecule has 2 aromatic carbocycles. The zero-order valence-electron chi connectivity index (χ0n) is 30.9. The number of aromatic amines is 1. The minimum Gasteiger partial charge on any atom is -0.506 e. The van der Waals surface area contributed by atoms with Crippen molar-refractivity contribution in [2.45, 2.75) is 82.1 Å².